The van der Waals surface area contributed by atoms with Crippen LogP contribution in [0.5, 0.6) is 6.01 Å². The molecule has 1 aliphatic heterocycles. The highest BCUT2D eigenvalue weighted by molar-refractivity contribution is 5.89. The van der Waals surface area contributed by atoms with Crippen LogP contribution in [0.4, 0.5) is 4.39 Å². The van der Waals surface area contributed by atoms with Gasteiger partial charge in [-0.3, -0.25) is 0 Å². The molecule has 10 nitrogen and oxygen atoms in total. The molecule has 0 radical (unpaired) electrons. The van der Waals surface area contributed by atoms with Crippen molar-refractivity contribution >= 4 is 11.9 Å². The predicted molar refractivity (Wildman–Crippen MR) is 95.8 cm³/mol. The fourth-order valence-corrected chi connectivity index (χ4v) is 2.08. The van der Waals surface area contributed by atoms with E-state index in [9.17, 15) is 14.0 Å². The fourth-order valence-electron chi connectivity index (χ4n) is 2.08. The Morgan fingerprint density at radius 2 is 1.52 bits per heavy atom. The Morgan fingerprint density at radius 3 is 1.97 bits per heavy atom. The van der Waals surface area contributed by atoms with Crippen LogP contribution in [-0.4, -0.2) is 64.4 Å². The second-order valence-corrected chi connectivity index (χ2v) is 5.54. The Balaban J connectivity index is 0.000000221. The molecule has 3 rings (SSSR count). The van der Waals surface area contributed by atoms with Gasteiger partial charge in [-0.1, -0.05) is 0 Å². The molecular formula is C18H21FN4O6. The molecule has 1 saturated heterocycles. The summed E-state index contributed by atoms with van der Waals surface area (Å²) in [4.78, 5) is 36.6. The quantitative estimate of drug-likeness (QED) is 0.514. The van der Waals surface area contributed by atoms with Gasteiger partial charge in [0.25, 0.3) is 0 Å². The van der Waals surface area contributed by atoms with Gasteiger partial charge in [-0.2, -0.15) is 4.39 Å². The zero-order chi connectivity index (χ0) is 21.1. The second kappa shape index (κ2) is 11.6. The number of rotatable bonds is 6. The van der Waals surface area contributed by atoms with Crippen molar-refractivity contribution in [2.45, 2.75) is 26.4 Å². The fraction of sp³-hybridized carbons (Fsp3) is 0.444. The van der Waals surface area contributed by atoms with E-state index < -0.39 is 18.0 Å². The summed E-state index contributed by atoms with van der Waals surface area (Å²) in [5.41, 5.74) is 0.472. The van der Waals surface area contributed by atoms with Crippen LogP contribution in [-0.2, 0) is 14.2 Å². The third-order valence-corrected chi connectivity index (χ3v) is 3.43. The van der Waals surface area contributed by atoms with Crippen LogP contribution in [0, 0.1) is 6.08 Å². The molecule has 0 aliphatic carbocycles. The summed E-state index contributed by atoms with van der Waals surface area (Å²) in [6.45, 7) is 5.29. The van der Waals surface area contributed by atoms with Crippen molar-refractivity contribution in [2.24, 2.45) is 0 Å². The largest absolute Gasteiger partial charge is 0.462 e. The van der Waals surface area contributed by atoms with E-state index in [0.717, 1.165) is 18.8 Å². The summed E-state index contributed by atoms with van der Waals surface area (Å²) < 4.78 is 32.2. The van der Waals surface area contributed by atoms with E-state index >= 15 is 0 Å². The first-order valence-corrected chi connectivity index (χ1v) is 8.91. The summed E-state index contributed by atoms with van der Waals surface area (Å²) in [6, 6.07) is 0.258. The standard InChI is InChI=1S/C11H14N2O4.C7H7FN2O2/c1-2-16-10(14)8-5-12-11(13-6-8)17-9-3-4-15-7-9;1-2-12-6(11)5-3-9-7(8)10-4-5/h5-6,9H,2-4,7H2,1H3;3-4H,2H2,1H3/t9-;/m1./s1. The topological polar surface area (TPSA) is 123 Å². The lowest BCUT2D eigenvalue weighted by molar-refractivity contribution is 0.0515. The van der Waals surface area contributed by atoms with Gasteiger partial charge in [0.05, 0.1) is 37.6 Å². The van der Waals surface area contributed by atoms with Crippen LogP contribution in [0.1, 0.15) is 41.0 Å². The van der Waals surface area contributed by atoms with E-state index in [1.807, 2.05) is 0 Å². The normalized spacial score (nSPS) is 15.1. The first-order valence-electron chi connectivity index (χ1n) is 8.91. The zero-order valence-electron chi connectivity index (χ0n) is 16.0. The minimum atomic E-state index is -0.858. The summed E-state index contributed by atoms with van der Waals surface area (Å²) >= 11 is 0. The average molecular weight is 408 g/mol. The number of hydrogen-bond acceptors (Lipinski definition) is 10. The first-order chi connectivity index (χ1) is 14.0. The Morgan fingerprint density at radius 1 is 1.00 bits per heavy atom. The van der Waals surface area contributed by atoms with Gasteiger partial charge in [-0.05, 0) is 13.8 Å². The number of carbonyl (C=O) groups is 2. The number of esters is 2. The third kappa shape index (κ3) is 7.37. The van der Waals surface area contributed by atoms with Crippen LogP contribution in [0.2, 0.25) is 0 Å². The minimum Gasteiger partial charge on any atom is -0.462 e. The molecule has 0 aromatic carbocycles. The Kier molecular flexibility index (Phi) is 8.83. The maximum absolute atomic E-state index is 12.2. The molecule has 0 spiro atoms. The Hall–Kier alpha value is -3.21. The summed E-state index contributed by atoms with van der Waals surface area (Å²) in [6.07, 6.45) is 4.95. The zero-order valence-corrected chi connectivity index (χ0v) is 16.0. The van der Waals surface area contributed by atoms with Gasteiger partial charge in [0.1, 0.15) is 6.10 Å². The molecule has 2 aromatic heterocycles. The van der Waals surface area contributed by atoms with Crippen LogP contribution in [0.15, 0.2) is 24.8 Å². The number of carbonyl (C=O) groups excluding carboxylic acids is 2. The molecular weight excluding hydrogens is 387 g/mol. The van der Waals surface area contributed by atoms with E-state index in [0.29, 0.717) is 25.4 Å². The van der Waals surface area contributed by atoms with Gasteiger partial charge < -0.3 is 18.9 Å². The van der Waals surface area contributed by atoms with Gasteiger partial charge in [0.15, 0.2) is 0 Å². The van der Waals surface area contributed by atoms with E-state index in [1.165, 1.54) is 12.4 Å². The second-order valence-electron chi connectivity index (χ2n) is 5.54. The molecule has 11 heteroatoms. The molecule has 1 atom stereocenters. The van der Waals surface area contributed by atoms with E-state index in [-0.39, 0.29) is 24.3 Å². The molecule has 0 bridgehead atoms. The average Bonchev–Trinajstić information content (AvgIpc) is 3.23. The Labute approximate surface area is 166 Å². The molecule has 29 heavy (non-hydrogen) atoms. The maximum Gasteiger partial charge on any atom is 0.341 e. The van der Waals surface area contributed by atoms with Crippen LogP contribution < -0.4 is 4.74 Å². The van der Waals surface area contributed by atoms with Crippen molar-refractivity contribution in [1.82, 2.24) is 19.9 Å². The lowest BCUT2D eigenvalue weighted by Crippen LogP contribution is -2.17. The monoisotopic (exact) mass is 408 g/mol. The highest BCUT2D eigenvalue weighted by Gasteiger charge is 2.18. The Bertz CT molecular complexity index is 782. The van der Waals surface area contributed by atoms with Gasteiger partial charge in [0, 0.05) is 31.2 Å². The van der Waals surface area contributed by atoms with E-state index in [1.54, 1.807) is 13.8 Å². The lowest BCUT2D eigenvalue weighted by Gasteiger charge is -2.09. The van der Waals surface area contributed by atoms with Crippen LogP contribution >= 0.6 is 0 Å². The molecule has 0 amide bonds. The van der Waals surface area contributed by atoms with Crippen molar-refractivity contribution in [3.8, 4) is 6.01 Å². The van der Waals surface area contributed by atoms with E-state index in [2.05, 4.69) is 24.7 Å². The SMILES string of the molecule is CCOC(=O)c1cnc(F)nc1.CCOC(=O)c1cnc(O[C@@H]2CCOC2)nc1. The smallest absolute Gasteiger partial charge is 0.341 e. The number of hydrogen-bond donors (Lipinski definition) is 0. The molecule has 1 aliphatic rings. The van der Waals surface area contributed by atoms with Gasteiger partial charge >= 0.3 is 24.0 Å². The maximum atomic E-state index is 12.2. The number of nitrogens with zero attached hydrogens (tertiary/aromatic N) is 4. The number of ether oxygens (including phenoxy) is 4. The highest BCUT2D eigenvalue weighted by atomic mass is 19.1. The van der Waals surface area contributed by atoms with Gasteiger partial charge in [-0.15, -0.1) is 0 Å². The van der Waals surface area contributed by atoms with Gasteiger partial charge in [0.2, 0.25) is 0 Å². The summed E-state index contributed by atoms with van der Waals surface area (Å²) in [5, 5.41) is 0. The summed E-state index contributed by atoms with van der Waals surface area (Å²) in [7, 11) is 0. The van der Waals surface area contributed by atoms with E-state index in [4.69, 9.17) is 14.2 Å². The van der Waals surface area contributed by atoms with Crippen molar-refractivity contribution in [2.75, 3.05) is 26.4 Å². The van der Waals surface area contributed by atoms with Gasteiger partial charge in [-0.25, -0.2) is 29.5 Å². The van der Waals surface area contributed by atoms with Crippen LogP contribution in [0.3, 0.4) is 0 Å². The lowest BCUT2D eigenvalue weighted by atomic mass is 10.3. The highest BCUT2D eigenvalue weighted by Crippen LogP contribution is 2.12. The molecule has 0 N–H and O–H groups in total. The molecule has 3 heterocycles. The van der Waals surface area contributed by atoms with Crippen molar-refractivity contribution in [3.63, 3.8) is 0 Å². The third-order valence-electron chi connectivity index (χ3n) is 3.43. The summed E-state index contributed by atoms with van der Waals surface area (Å²) in [5.74, 6) is -0.972. The number of halogens is 1. The predicted octanol–water partition coefficient (Wildman–Crippen LogP) is 1.61. The molecule has 0 saturated carbocycles. The minimum absolute atomic E-state index is 0.00319. The molecule has 2 aromatic rings. The van der Waals surface area contributed by atoms with Crippen molar-refractivity contribution in [3.05, 3.63) is 42.0 Å². The number of aromatic nitrogens is 4. The van der Waals surface area contributed by atoms with Crippen molar-refractivity contribution < 1.29 is 32.9 Å². The van der Waals surface area contributed by atoms with Crippen LogP contribution in [0.25, 0.3) is 0 Å². The first kappa shape index (κ1) is 22.1. The molecule has 1 fully saturated rings. The molecule has 156 valence electrons. The molecule has 0 unspecified atom stereocenters. The van der Waals surface area contributed by atoms with Crippen molar-refractivity contribution in [1.29, 1.82) is 0 Å².